The van der Waals surface area contributed by atoms with E-state index in [1.807, 2.05) is 6.07 Å². The van der Waals surface area contributed by atoms with E-state index >= 15 is 0 Å². The molecule has 21 heavy (non-hydrogen) atoms. The average Bonchev–Trinajstić information content (AvgIpc) is 2.43. The van der Waals surface area contributed by atoms with Crippen LogP contribution >= 0.6 is 0 Å². The Morgan fingerprint density at radius 1 is 1.48 bits per heavy atom. The van der Waals surface area contributed by atoms with Crippen molar-refractivity contribution < 1.29 is 18.3 Å². The minimum absolute atomic E-state index is 0.317. The van der Waals surface area contributed by atoms with E-state index in [0.717, 1.165) is 0 Å². The topological polar surface area (TPSA) is 107 Å². The van der Waals surface area contributed by atoms with Crippen molar-refractivity contribution in [3.05, 3.63) is 35.4 Å². The molecule has 0 amide bonds. The molecule has 0 heterocycles. The molecule has 0 radical (unpaired) electrons. The van der Waals surface area contributed by atoms with E-state index in [0.29, 0.717) is 17.5 Å². The number of nitriles is 1. The van der Waals surface area contributed by atoms with Crippen LogP contribution in [0.5, 0.6) is 0 Å². The molecule has 0 aliphatic rings. The third-order valence-electron chi connectivity index (χ3n) is 3.20. The number of hydrogen-bond acceptors (Lipinski definition) is 4. The normalized spacial score (nSPS) is 14.1. The van der Waals surface area contributed by atoms with Crippen LogP contribution in [0.4, 0.5) is 0 Å². The first-order valence-electron chi connectivity index (χ1n) is 6.51. The van der Waals surface area contributed by atoms with Crippen molar-refractivity contribution >= 4 is 16.0 Å². The second-order valence-corrected chi connectivity index (χ2v) is 6.64. The lowest BCUT2D eigenvalue weighted by atomic mass is 10.0. The average molecular weight is 310 g/mol. The number of aliphatic carboxylic acids is 1. The summed E-state index contributed by atoms with van der Waals surface area (Å²) in [7, 11) is -3.80. The predicted octanol–water partition coefficient (Wildman–Crippen LogP) is 1.48. The molecular weight excluding hydrogens is 292 g/mol. The van der Waals surface area contributed by atoms with Crippen molar-refractivity contribution in [2.75, 3.05) is 0 Å². The summed E-state index contributed by atoms with van der Waals surface area (Å²) in [4.78, 5) is 11.2. The van der Waals surface area contributed by atoms with Crippen LogP contribution in [0, 0.1) is 17.2 Å². The molecule has 0 aliphatic carbocycles. The minimum Gasteiger partial charge on any atom is -0.480 e. The van der Waals surface area contributed by atoms with Gasteiger partial charge in [-0.2, -0.15) is 5.26 Å². The van der Waals surface area contributed by atoms with Crippen LogP contribution < -0.4 is 4.72 Å². The van der Waals surface area contributed by atoms with Gasteiger partial charge in [0, 0.05) is 0 Å². The maximum atomic E-state index is 12.1. The number of carboxylic acid groups (broad SMARTS) is 1. The Hall–Kier alpha value is -1.91. The number of sulfonamides is 1. The zero-order valence-corrected chi connectivity index (χ0v) is 12.7. The van der Waals surface area contributed by atoms with Gasteiger partial charge >= 0.3 is 5.97 Å². The molecule has 0 saturated carbocycles. The van der Waals surface area contributed by atoms with E-state index in [2.05, 4.69) is 4.72 Å². The van der Waals surface area contributed by atoms with Gasteiger partial charge in [-0.15, -0.1) is 0 Å². The van der Waals surface area contributed by atoms with E-state index in [9.17, 15) is 13.2 Å². The highest BCUT2D eigenvalue weighted by atomic mass is 32.2. The third kappa shape index (κ3) is 5.17. The standard InChI is InChI=1S/C14H18N2O4S/c1-3-10(2)13(14(17)18)16-21(19,20)9-12-6-4-5-11(7-12)8-15/h4-7,10,13,16H,3,9H2,1-2H3,(H,17,18)/t10?,13-/m0/s1. The summed E-state index contributed by atoms with van der Waals surface area (Å²) in [5.74, 6) is -1.87. The molecule has 2 N–H and O–H groups in total. The fourth-order valence-electron chi connectivity index (χ4n) is 1.83. The third-order valence-corrected chi connectivity index (χ3v) is 4.52. The Kier molecular flexibility index (Phi) is 5.88. The van der Waals surface area contributed by atoms with Crippen LogP contribution in [0.2, 0.25) is 0 Å². The summed E-state index contributed by atoms with van der Waals surface area (Å²) in [6.45, 7) is 3.48. The van der Waals surface area contributed by atoms with Gasteiger partial charge in [0.2, 0.25) is 10.0 Å². The van der Waals surface area contributed by atoms with Crippen LogP contribution in [0.3, 0.4) is 0 Å². The predicted molar refractivity (Wildman–Crippen MR) is 77.8 cm³/mol. The Balaban J connectivity index is 2.90. The van der Waals surface area contributed by atoms with Gasteiger partial charge in [0.05, 0.1) is 17.4 Å². The lowest BCUT2D eigenvalue weighted by molar-refractivity contribution is -0.140. The van der Waals surface area contributed by atoms with E-state index < -0.39 is 22.0 Å². The van der Waals surface area contributed by atoms with Crippen LogP contribution in [0.1, 0.15) is 31.4 Å². The van der Waals surface area contributed by atoms with Gasteiger partial charge in [-0.25, -0.2) is 13.1 Å². The van der Waals surface area contributed by atoms with Crippen molar-refractivity contribution in [2.45, 2.75) is 32.1 Å². The molecule has 114 valence electrons. The van der Waals surface area contributed by atoms with Crippen molar-refractivity contribution in [3.63, 3.8) is 0 Å². The summed E-state index contributed by atoms with van der Waals surface area (Å²) in [6, 6.07) is 6.99. The fraction of sp³-hybridized carbons (Fsp3) is 0.429. The highest BCUT2D eigenvalue weighted by Crippen LogP contribution is 2.12. The van der Waals surface area contributed by atoms with Gasteiger partial charge in [-0.1, -0.05) is 32.4 Å². The molecule has 0 aromatic heterocycles. The molecule has 1 aromatic carbocycles. The van der Waals surface area contributed by atoms with Crippen molar-refractivity contribution in [2.24, 2.45) is 5.92 Å². The Morgan fingerprint density at radius 3 is 2.67 bits per heavy atom. The molecule has 2 atom stereocenters. The molecule has 0 aliphatic heterocycles. The number of benzene rings is 1. The van der Waals surface area contributed by atoms with Crippen LogP contribution in [-0.4, -0.2) is 25.5 Å². The van der Waals surface area contributed by atoms with Gasteiger partial charge in [-0.3, -0.25) is 4.79 Å². The molecule has 0 saturated heterocycles. The number of nitrogens with zero attached hydrogens (tertiary/aromatic N) is 1. The van der Waals surface area contributed by atoms with E-state index in [1.165, 1.54) is 6.07 Å². The highest BCUT2D eigenvalue weighted by molar-refractivity contribution is 7.88. The summed E-state index contributed by atoms with van der Waals surface area (Å²) in [5, 5.41) is 17.9. The SMILES string of the molecule is CCC(C)[C@H](NS(=O)(=O)Cc1cccc(C#N)c1)C(=O)O. The zero-order valence-electron chi connectivity index (χ0n) is 11.9. The highest BCUT2D eigenvalue weighted by Gasteiger charge is 2.28. The summed E-state index contributed by atoms with van der Waals surface area (Å²) >= 11 is 0. The second kappa shape index (κ2) is 7.20. The molecule has 0 spiro atoms. The number of carbonyl (C=O) groups is 1. The Morgan fingerprint density at radius 2 is 2.14 bits per heavy atom. The molecule has 1 aromatic rings. The van der Waals surface area contributed by atoms with Crippen molar-refractivity contribution in [1.29, 1.82) is 5.26 Å². The number of nitrogens with one attached hydrogen (secondary N) is 1. The molecular formula is C14H18N2O4S. The van der Waals surface area contributed by atoms with Gasteiger partial charge in [-0.05, 0) is 23.6 Å². The molecule has 6 nitrogen and oxygen atoms in total. The first kappa shape index (κ1) is 17.1. The summed E-state index contributed by atoms with van der Waals surface area (Å²) in [5.41, 5.74) is 0.800. The fourth-order valence-corrected chi connectivity index (χ4v) is 3.25. The molecule has 7 heteroatoms. The monoisotopic (exact) mass is 310 g/mol. The number of rotatable bonds is 7. The zero-order chi connectivity index (χ0) is 16.0. The van der Waals surface area contributed by atoms with E-state index in [4.69, 9.17) is 10.4 Å². The Bertz CT molecular complexity index is 649. The lowest BCUT2D eigenvalue weighted by Gasteiger charge is -2.20. The van der Waals surface area contributed by atoms with Gasteiger partial charge in [0.1, 0.15) is 6.04 Å². The van der Waals surface area contributed by atoms with Crippen LogP contribution in [0.15, 0.2) is 24.3 Å². The molecule has 0 fully saturated rings. The lowest BCUT2D eigenvalue weighted by Crippen LogP contribution is -2.45. The van der Waals surface area contributed by atoms with Crippen molar-refractivity contribution in [1.82, 2.24) is 4.72 Å². The van der Waals surface area contributed by atoms with E-state index in [1.54, 1.807) is 32.0 Å². The Labute approximate surface area is 124 Å². The largest absolute Gasteiger partial charge is 0.480 e. The maximum Gasteiger partial charge on any atom is 0.322 e. The summed E-state index contributed by atoms with van der Waals surface area (Å²) in [6.07, 6.45) is 0.545. The smallest absolute Gasteiger partial charge is 0.322 e. The number of carboxylic acids is 1. The van der Waals surface area contributed by atoms with E-state index in [-0.39, 0.29) is 11.7 Å². The van der Waals surface area contributed by atoms with Crippen LogP contribution in [0.25, 0.3) is 0 Å². The maximum absolute atomic E-state index is 12.1. The molecule has 1 rings (SSSR count). The van der Waals surface area contributed by atoms with Gasteiger partial charge in [0.15, 0.2) is 0 Å². The van der Waals surface area contributed by atoms with Gasteiger partial charge < -0.3 is 5.11 Å². The second-order valence-electron chi connectivity index (χ2n) is 4.89. The van der Waals surface area contributed by atoms with Gasteiger partial charge in [0.25, 0.3) is 0 Å². The molecule has 0 bridgehead atoms. The van der Waals surface area contributed by atoms with Crippen LogP contribution in [-0.2, 0) is 20.6 Å². The summed E-state index contributed by atoms with van der Waals surface area (Å²) < 4.78 is 26.4. The first-order chi connectivity index (χ1) is 9.79. The van der Waals surface area contributed by atoms with Crippen molar-refractivity contribution in [3.8, 4) is 6.07 Å². The number of hydrogen-bond donors (Lipinski definition) is 2. The molecule has 1 unspecified atom stereocenters. The minimum atomic E-state index is -3.80. The quantitative estimate of drug-likeness (QED) is 0.793. The first-order valence-corrected chi connectivity index (χ1v) is 8.16.